The number of rotatable bonds is 4. The molecule has 1 aliphatic heterocycles. The van der Waals surface area contributed by atoms with Crippen LogP contribution in [0.15, 0.2) is 11.6 Å². The molecule has 18 heavy (non-hydrogen) atoms. The number of thioether (sulfide) groups is 1. The molecule has 1 fully saturated rings. The zero-order chi connectivity index (χ0) is 13.9. The summed E-state index contributed by atoms with van der Waals surface area (Å²) >= 11 is 1.56. The Labute approximate surface area is 112 Å². The topological polar surface area (TPSA) is 57.6 Å². The summed E-state index contributed by atoms with van der Waals surface area (Å²) in [5.41, 5.74) is 0.636. The smallest absolute Gasteiger partial charge is 0.327 e. The van der Waals surface area contributed by atoms with E-state index in [1.807, 2.05) is 26.8 Å². The van der Waals surface area contributed by atoms with E-state index in [2.05, 4.69) is 0 Å². The zero-order valence-electron chi connectivity index (χ0n) is 11.3. The van der Waals surface area contributed by atoms with Crippen molar-refractivity contribution in [2.24, 2.45) is 5.92 Å². The highest BCUT2D eigenvalue weighted by atomic mass is 32.2. The van der Waals surface area contributed by atoms with E-state index in [-0.39, 0.29) is 17.2 Å². The van der Waals surface area contributed by atoms with Gasteiger partial charge in [-0.05, 0) is 19.3 Å². The summed E-state index contributed by atoms with van der Waals surface area (Å²) in [4.78, 5) is 25.1. The molecule has 1 heterocycles. The number of carboxylic acid groups (broad SMARTS) is 1. The predicted octanol–water partition coefficient (Wildman–Crippen LogP) is 2.35. The van der Waals surface area contributed by atoms with Gasteiger partial charge in [0.25, 0.3) is 5.91 Å². The molecule has 0 aromatic carbocycles. The van der Waals surface area contributed by atoms with Crippen LogP contribution in [0.2, 0.25) is 0 Å². The molecule has 0 aliphatic carbocycles. The fourth-order valence-electron chi connectivity index (χ4n) is 2.09. The number of nitrogens with zero attached hydrogens (tertiary/aromatic N) is 1. The van der Waals surface area contributed by atoms with Gasteiger partial charge in [-0.25, -0.2) is 4.79 Å². The molecule has 5 heteroatoms. The Kier molecular flexibility index (Phi) is 5.26. The van der Waals surface area contributed by atoms with Crippen molar-refractivity contribution >= 4 is 23.6 Å². The maximum atomic E-state index is 12.3. The SMILES string of the molecule is CC/C=C(/C)C(=O)N1C(C(=O)O)CSC1C(C)C. The van der Waals surface area contributed by atoms with Crippen LogP contribution in [0, 0.1) is 5.92 Å². The van der Waals surface area contributed by atoms with Gasteiger partial charge in [0.15, 0.2) is 0 Å². The molecule has 0 aromatic rings. The highest BCUT2D eigenvalue weighted by Gasteiger charge is 2.42. The first kappa shape index (κ1) is 15.1. The van der Waals surface area contributed by atoms with Crippen molar-refractivity contribution in [3.8, 4) is 0 Å². The summed E-state index contributed by atoms with van der Waals surface area (Å²) < 4.78 is 0. The number of hydrogen-bond donors (Lipinski definition) is 1. The van der Waals surface area contributed by atoms with Crippen molar-refractivity contribution in [1.82, 2.24) is 4.90 Å². The fraction of sp³-hybridized carbons (Fsp3) is 0.692. The summed E-state index contributed by atoms with van der Waals surface area (Å²) in [6, 6.07) is -0.699. The van der Waals surface area contributed by atoms with Crippen LogP contribution in [0.4, 0.5) is 0 Å². The van der Waals surface area contributed by atoms with Crippen molar-refractivity contribution < 1.29 is 14.7 Å². The first-order chi connectivity index (χ1) is 8.40. The number of amides is 1. The van der Waals surface area contributed by atoms with Crippen LogP contribution in [-0.2, 0) is 9.59 Å². The summed E-state index contributed by atoms with van der Waals surface area (Å²) in [5, 5.41) is 9.17. The number of aliphatic carboxylic acids is 1. The third kappa shape index (κ3) is 3.07. The molecule has 0 saturated carbocycles. The van der Waals surface area contributed by atoms with E-state index in [1.165, 1.54) is 0 Å². The number of carboxylic acids is 1. The van der Waals surface area contributed by atoms with Gasteiger partial charge in [0.05, 0.1) is 5.37 Å². The minimum absolute atomic E-state index is 0.0428. The van der Waals surface area contributed by atoms with Crippen molar-refractivity contribution in [2.45, 2.75) is 45.5 Å². The van der Waals surface area contributed by atoms with Gasteiger partial charge in [-0.2, -0.15) is 0 Å². The average Bonchev–Trinajstić information content (AvgIpc) is 2.72. The molecule has 2 unspecified atom stereocenters. The van der Waals surface area contributed by atoms with Crippen LogP contribution < -0.4 is 0 Å². The Bertz CT molecular complexity index is 365. The number of carbonyl (C=O) groups is 2. The van der Waals surface area contributed by atoms with Crippen molar-refractivity contribution in [1.29, 1.82) is 0 Å². The lowest BCUT2D eigenvalue weighted by Crippen LogP contribution is -2.47. The highest BCUT2D eigenvalue weighted by Crippen LogP contribution is 2.35. The standard InChI is InChI=1S/C13H21NO3S/c1-5-6-9(4)11(15)14-10(13(16)17)7-18-12(14)8(2)3/h6,8,10,12H,5,7H2,1-4H3,(H,16,17)/b9-6-. The lowest BCUT2D eigenvalue weighted by Gasteiger charge is -2.30. The molecule has 4 nitrogen and oxygen atoms in total. The molecule has 1 aliphatic rings. The quantitative estimate of drug-likeness (QED) is 0.797. The second-order valence-electron chi connectivity index (χ2n) is 4.83. The number of allylic oxidation sites excluding steroid dienone is 1. The van der Waals surface area contributed by atoms with Gasteiger partial charge in [-0.15, -0.1) is 11.8 Å². The molecule has 2 atom stereocenters. The molecular formula is C13H21NO3S. The van der Waals surface area contributed by atoms with Crippen LogP contribution in [0.25, 0.3) is 0 Å². The van der Waals surface area contributed by atoms with Crippen LogP contribution in [-0.4, -0.2) is 39.1 Å². The molecule has 0 spiro atoms. The molecule has 0 bridgehead atoms. The zero-order valence-corrected chi connectivity index (χ0v) is 12.2. The highest BCUT2D eigenvalue weighted by molar-refractivity contribution is 8.00. The lowest BCUT2D eigenvalue weighted by molar-refractivity contribution is -0.148. The summed E-state index contributed by atoms with van der Waals surface area (Å²) in [6.07, 6.45) is 2.63. The monoisotopic (exact) mass is 271 g/mol. The van der Waals surface area contributed by atoms with Crippen molar-refractivity contribution in [3.05, 3.63) is 11.6 Å². The van der Waals surface area contributed by atoms with E-state index < -0.39 is 12.0 Å². The molecule has 0 aromatic heterocycles. The summed E-state index contributed by atoms with van der Waals surface area (Å²) in [6.45, 7) is 7.75. The Morgan fingerprint density at radius 1 is 1.50 bits per heavy atom. The van der Waals surface area contributed by atoms with Crippen LogP contribution in [0.1, 0.15) is 34.1 Å². The summed E-state index contributed by atoms with van der Waals surface area (Å²) in [5.74, 6) is -0.336. The second kappa shape index (κ2) is 6.27. The van der Waals surface area contributed by atoms with E-state index in [4.69, 9.17) is 0 Å². The largest absolute Gasteiger partial charge is 0.480 e. The van der Waals surface area contributed by atoms with Gasteiger partial charge >= 0.3 is 5.97 Å². The molecule has 0 radical (unpaired) electrons. The Hall–Kier alpha value is -0.970. The maximum absolute atomic E-state index is 12.3. The van der Waals surface area contributed by atoms with Crippen LogP contribution in [0.5, 0.6) is 0 Å². The molecular weight excluding hydrogens is 250 g/mol. The van der Waals surface area contributed by atoms with Crippen LogP contribution >= 0.6 is 11.8 Å². The third-order valence-electron chi connectivity index (χ3n) is 2.97. The minimum Gasteiger partial charge on any atom is -0.480 e. The Morgan fingerprint density at radius 2 is 2.11 bits per heavy atom. The van der Waals surface area contributed by atoms with Gasteiger partial charge in [0.2, 0.25) is 0 Å². The van der Waals surface area contributed by atoms with E-state index in [0.717, 1.165) is 6.42 Å². The normalized spacial score (nSPS) is 24.7. The van der Waals surface area contributed by atoms with Gasteiger partial charge in [-0.1, -0.05) is 26.8 Å². The van der Waals surface area contributed by atoms with Crippen molar-refractivity contribution in [2.75, 3.05) is 5.75 Å². The molecule has 1 N–H and O–H groups in total. The Morgan fingerprint density at radius 3 is 2.56 bits per heavy atom. The van der Waals surface area contributed by atoms with E-state index in [0.29, 0.717) is 11.3 Å². The average molecular weight is 271 g/mol. The minimum atomic E-state index is -0.914. The Balaban J connectivity index is 3.00. The fourth-order valence-corrected chi connectivity index (χ4v) is 3.56. The summed E-state index contributed by atoms with van der Waals surface area (Å²) in [7, 11) is 0. The van der Waals surface area contributed by atoms with Gasteiger partial charge in [0, 0.05) is 11.3 Å². The number of hydrogen-bond acceptors (Lipinski definition) is 3. The molecule has 1 amide bonds. The van der Waals surface area contributed by atoms with Crippen LogP contribution in [0.3, 0.4) is 0 Å². The second-order valence-corrected chi connectivity index (χ2v) is 5.98. The molecule has 102 valence electrons. The molecule has 1 rings (SSSR count). The van der Waals surface area contributed by atoms with Gasteiger partial charge in [0.1, 0.15) is 6.04 Å². The predicted molar refractivity (Wildman–Crippen MR) is 73.4 cm³/mol. The van der Waals surface area contributed by atoms with E-state index in [9.17, 15) is 14.7 Å². The number of carbonyl (C=O) groups excluding carboxylic acids is 1. The maximum Gasteiger partial charge on any atom is 0.327 e. The van der Waals surface area contributed by atoms with E-state index in [1.54, 1.807) is 23.6 Å². The lowest BCUT2D eigenvalue weighted by atomic mass is 10.1. The first-order valence-electron chi connectivity index (χ1n) is 6.24. The third-order valence-corrected chi connectivity index (χ3v) is 4.59. The van der Waals surface area contributed by atoms with Gasteiger partial charge in [-0.3, -0.25) is 4.79 Å². The molecule has 1 saturated heterocycles. The first-order valence-corrected chi connectivity index (χ1v) is 7.28. The van der Waals surface area contributed by atoms with Gasteiger partial charge < -0.3 is 10.0 Å². The van der Waals surface area contributed by atoms with Crippen molar-refractivity contribution in [3.63, 3.8) is 0 Å². The van der Waals surface area contributed by atoms with E-state index >= 15 is 0 Å².